The number of imidazole rings is 1. The molecule has 0 amide bonds. The van der Waals surface area contributed by atoms with Crippen molar-refractivity contribution in [1.82, 2.24) is 9.97 Å². The lowest BCUT2D eigenvalue weighted by Crippen LogP contribution is -1.90. The molecule has 19 heavy (non-hydrogen) atoms. The molecule has 2 aromatic carbocycles. The zero-order chi connectivity index (χ0) is 12.8. The van der Waals surface area contributed by atoms with Gasteiger partial charge >= 0.3 is 0 Å². The lowest BCUT2D eigenvalue weighted by molar-refractivity contribution is 1.11. The minimum absolute atomic E-state index is 0.955. The van der Waals surface area contributed by atoms with E-state index in [0.717, 1.165) is 29.8 Å². The van der Waals surface area contributed by atoms with Gasteiger partial charge in [-0.15, -0.1) is 0 Å². The molecule has 0 atom stereocenters. The smallest absolute Gasteiger partial charge is 0.138 e. The fraction of sp³-hybridized carbons (Fsp3) is 0.188. The zero-order valence-corrected chi connectivity index (χ0v) is 10.8. The van der Waals surface area contributed by atoms with Gasteiger partial charge in [-0.2, -0.15) is 0 Å². The normalized spacial score (nSPS) is 13.5. The van der Waals surface area contributed by atoms with Gasteiger partial charge in [-0.25, -0.2) is 4.98 Å². The van der Waals surface area contributed by atoms with Crippen molar-refractivity contribution in [1.29, 1.82) is 0 Å². The Labute approximate surface area is 111 Å². The average Bonchev–Trinajstić information content (AvgIpc) is 3.01. The highest BCUT2D eigenvalue weighted by Gasteiger charge is 2.14. The van der Waals surface area contributed by atoms with E-state index in [9.17, 15) is 0 Å². The van der Waals surface area contributed by atoms with Gasteiger partial charge in [0.25, 0.3) is 0 Å². The maximum Gasteiger partial charge on any atom is 0.138 e. The molecule has 3 heteroatoms. The van der Waals surface area contributed by atoms with Crippen LogP contribution in [0.1, 0.15) is 11.1 Å². The number of hydrogen-bond acceptors (Lipinski definition) is 2. The van der Waals surface area contributed by atoms with Crippen LogP contribution >= 0.6 is 0 Å². The second-order valence-electron chi connectivity index (χ2n) is 5.10. The predicted molar refractivity (Wildman–Crippen MR) is 78.5 cm³/mol. The second kappa shape index (κ2) is 3.85. The maximum absolute atomic E-state index is 4.73. The number of aromatic amines is 1. The predicted octanol–water partition coefficient (Wildman–Crippen LogP) is 3.51. The van der Waals surface area contributed by atoms with Crippen LogP contribution in [0.5, 0.6) is 0 Å². The Bertz CT molecular complexity index is 730. The zero-order valence-electron chi connectivity index (χ0n) is 10.8. The fourth-order valence-corrected chi connectivity index (χ4v) is 2.77. The summed E-state index contributed by atoms with van der Waals surface area (Å²) in [5.74, 6) is 0.955. The number of aryl methyl sites for hydroxylation is 1. The van der Waals surface area contributed by atoms with Gasteiger partial charge in [-0.1, -0.05) is 24.3 Å². The van der Waals surface area contributed by atoms with Crippen molar-refractivity contribution >= 4 is 16.7 Å². The van der Waals surface area contributed by atoms with Gasteiger partial charge in [0.2, 0.25) is 0 Å². The molecule has 0 spiro atoms. The summed E-state index contributed by atoms with van der Waals surface area (Å²) >= 11 is 0. The highest BCUT2D eigenvalue weighted by molar-refractivity contribution is 5.85. The van der Waals surface area contributed by atoms with Crippen molar-refractivity contribution in [2.75, 3.05) is 11.9 Å². The highest BCUT2D eigenvalue weighted by Crippen LogP contribution is 2.29. The number of hydrogen-bond donors (Lipinski definition) is 2. The van der Waals surface area contributed by atoms with Gasteiger partial charge in [0, 0.05) is 17.8 Å². The monoisotopic (exact) mass is 249 g/mol. The Morgan fingerprint density at radius 3 is 2.95 bits per heavy atom. The molecule has 1 aliphatic rings. The van der Waals surface area contributed by atoms with Crippen molar-refractivity contribution in [3.8, 4) is 11.4 Å². The minimum Gasteiger partial charge on any atom is -0.384 e. The van der Waals surface area contributed by atoms with E-state index in [1.807, 2.05) is 0 Å². The summed E-state index contributed by atoms with van der Waals surface area (Å²) in [6, 6.07) is 12.7. The second-order valence-corrected chi connectivity index (χ2v) is 5.10. The van der Waals surface area contributed by atoms with E-state index in [4.69, 9.17) is 4.98 Å². The molecule has 0 aliphatic carbocycles. The molecule has 0 saturated heterocycles. The third-order valence-corrected chi connectivity index (χ3v) is 3.82. The third-order valence-electron chi connectivity index (χ3n) is 3.82. The van der Waals surface area contributed by atoms with Gasteiger partial charge < -0.3 is 10.3 Å². The first-order valence-corrected chi connectivity index (χ1v) is 6.64. The molecule has 4 rings (SSSR count). The van der Waals surface area contributed by atoms with Crippen LogP contribution in [0.25, 0.3) is 22.4 Å². The van der Waals surface area contributed by atoms with E-state index in [-0.39, 0.29) is 0 Å². The van der Waals surface area contributed by atoms with Crippen molar-refractivity contribution in [3.63, 3.8) is 0 Å². The van der Waals surface area contributed by atoms with Crippen molar-refractivity contribution in [2.45, 2.75) is 13.3 Å². The van der Waals surface area contributed by atoms with Gasteiger partial charge in [0.1, 0.15) is 5.82 Å². The van der Waals surface area contributed by atoms with Gasteiger partial charge in [-0.05, 0) is 36.6 Å². The van der Waals surface area contributed by atoms with E-state index >= 15 is 0 Å². The average molecular weight is 249 g/mol. The first kappa shape index (κ1) is 10.6. The van der Waals surface area contributed by atoms with E-state index < -0.39 is 0 Å². The lowest BCUT2D eigenvalue weighted by atomic mass is 10.1. The van der Waals surface area contributed by atoms with Crippen LogP contribution in [-0.4, -0.2) is 16.5 Å². The molecule has 0 fully saturated rings. The molecule has 2 heterocycles. The lowest BCUT2D eigenvalue weighted by Gasteiger charge is -2.00. The fourth-order valence-electron chi connectivity index (χ4n) is 2.77. The Morgan fingerprint density at radius 2 is 2.05 bits per heavy atom. The molecule has 2 N–H and O–H groups in total. The molecule has 0 radical (unpaired) electrons. The maximum atomic E-state index is 4.73. The summed E-state index contributed by atoms with van der Waals surface area (Å²) in [5.41, 5.74) is 7.19. The van der Waals surface area contributed by atoms with Gasteiger partial charge in [0.15, 0.2) is 0 Å². The van der Waals surface area contributed by atoms with E-state index in [0.29, 0.717) is 0 Å². The number of benzene rings is 2. The summed E-state index contributed by atoms with van der Waals surface area (Å²) in [7, 11) is 0. The number of aromatic nitrogens is 2. The molecule has 1 aliphatic heterocycles. The first-order chi connectivity index (χ1) is 9.31. The van der Waals surface area contributed by atoms with Crippen LogP contribution in [-0.2, 0) is 6.42 Å². The summed E-state index contributed by atoms with van der Waals surface area (Å²) in [5, 5.41) is 3.40. The number of anilines is 1. The number of fused-ring (bicyclic) bond motifs is 2. The summed E-state index contributed by atoms with van der Waals surface area (Å²) in [6.07, 6.45) is 1.10. The van der Waals surface area contributed by atoms with Crippen molar-refractivity contribution in [3.05, 3.63) is 47.5 Å². The SMILES string of the molecule is Cc1ccccc1-c1nc2cc3c(cc2[nH]1)CCN3. The summed E-state index contributed by atoms with van der Waals surface area (Å²) in [6.45, 7) is 3.15. The van der Waals surface area contributed by atoms with Gasteiger partial charge in [-0.3, -0.25) is 0 Å². The molecule has 0 saturated carbocycles. The largest absolute Gasteiger partial charge is 0.384 e. The number of rotatable bonds is 1. The Balaban J connectivity index is 1.91. The quantitative estimate of drug-likeness (QED) is 0.693. The Hall–Kier alpha value is -2.29. The van der Waals surface area contributed by atoms with Crippen LogP contribution in [0.2, 0.25) is 0 Å². The van der Waals surface area contributed by atoms with E-state index in [1.165, 1.54) is 22.4 Å². The van der Waals surface area contributed by atoms with Crippen molar-refractivity contribution < 1.29 is 0 Å². The van der Waals surface area contributed by atoms with Gasteiger partial charge in [0.05, 0.1) is 11.0 Å². The van der Waals surface area contributed by atoms with Crippen molar-refractivity contribution in [2.24, 2.45) is 0 Å². The summed E-state index contributed by atoms with van der Waals surface area (Å²) in [4.78, 5) is 8.17. The number of nitrogens with one attached hydrogen (secondary N) is 2. The number of H-pyrrole nitrogens is 1. The number of nitrogens with zero attached hydrogens (tertiary/aromatic N) is 1. The van der Waals surface area contributed by atoms with Crippen LogP contribution in [0.4, 0.5) is 5.69 Å². The molecule has 94 valence electrons. The Kier molecular flexibility index (Phi) is 2.15. The molecule has 3 nitrogen and oxygen atoms in total. The highest BCUT2D eigenvalue weighted by atomic mass is 14.9. The molecule has 1 aromatic heterocycles. The molecular formula is C16H15N3. The topological polar surface area (TPSA) is 40.7 Å². The summed E-state index contributed by atoms with van der Waals surface area (Å²) < 4.78 is 0. The van der Waals surface area contributed by atoms with Crippen LogP contribution in [0, 0.1) is 6.92 Å². The molecule has 0 bridgehead atoms. The van der Waals surface area contributed by atoms with E-state index in [1.54, 1.807) is 0 Å². The Morgan fingerprint density at radius 1 is 1.16 bits per heavy atom. The van der Waals surface area contributed by atoms with Crippen LogP contribution in [0.3, 0.4) is 0 Å². The molecule has 0 unspecified atom stereocenters. The first-order valence-electron chi connectivity index (χ1n) is 6.64. The molecular weight excluding hydrogens is 234 g/mol. The van der Waals surface area contributed by atoms with Crippen LogP contribution in [0.15, 0.2) is 36.4 Å². The minimum atomic E-state index is 0.955. The van der Waals surface area contributed by atoms with Crippen LogP contribution < -0.4 is 5.32 Å². The third kappa shape index (κ3) is 1.62. The van der Waals surface area contributed by atoms with E-state index in [2.05, 4.69) is 53.6 Å². The molecule has 3 aromatic rings. The standard InChI is InChI=1S/C16H15N3/c1-10-4-2-3-5-12(10)16-18-14-8-11-6-7-17-13(11)9-15(14)19-16/h2-5,8-9,17H,6-7H2,1H3,(H,18,19).